The van der Waals surface area contributed by atoms with Crippen molar-refractivity contribution in [1.82, 2.24) is 0 Å². The van der Waals surface area contributed by atoms with E-state index >= 15 is 0 Å². The number of carbonyl (C=O) groups is 1. The van der Waals surface area contributed by atoms with E-state index in [4.69, 9.17) is 4.99 Å². The van der Waals surface area contributed by atoms with Gasteiger partial charge in [0.2, 0.25) is 0 Å². The SMILES string of the molecule is CC/C(C)=C(/C(=NCc1ccccc1-c1cccc(C=O)c1)c1ccccc1)c1ccccc1. The third kappa shape index (κ3) is 5.29. The highest BCUT2D eigenvalue weighted by Crippen LogP contribution is 2.29. The van der Waals surface area contributed by atoms with Crippen LogP contribution in [0.1, 0.15) is 47.3 Å². The van der Waals surface area contributed by atoms with E-state index in [2.05, 4.69) is 74.5 Å². The van der Waals surface area contributed by atoms with E-state index in [0.29, 0.717) is 12.1 Å². The predicted octanol–water partition coefficient (Wildman–Crippen LogP) is 8.04. The molecule has 0 saturated heterocycles. The summed E-state index contributed by atoms with van der Waals surface area (Å²) < 4.78 is 0. The lowest BCUT2D eigenvalue weighted by Crippen LogP contribution is -2.08. The second-order valence-electron chi connectivity index (χ2n) is 8.31. The summed E-state index contributed by atoms with van der Waals surface area (Å²) in [4.78, 5) is 16.5. The Balaban J connectivity index is 1.83. The summed E-state index contributed by atoms with van der Waals surface area (Å²) in [6, 6.07) is 37.0. The maximum absolute atomic E-state index is 11.3. The molecule has 0 atom stereocenters. The Morgan fingerprint density at radius 3 is 2.09 bits per heavy atom. The van der Waals surface area contributed by atoms with Gasteiger partial charge in [0.25, 0.3) is 0 Å². The fraction of sp³-hybridized carbons (Fsp3) is 0.125. The topological polar surface area (TPSA) is 29.4 Å². The van der Waals surface area contributed by atoms with Crippen LogP contribution in [-0.4, -0.2) is 12.0 Å². The summed E-state index contributed by atoms with van der Waals surface area (Å²) >= 11 is 0. The molecule has 0 aliphatic heterocycles. The van der Waals surface area contributed by atoms with Gasteiger partial charge in [0, 0.05) is 16.7 Å². The predicted molar refractivity (Wildman–Crippen MR) is 143 cm³/mol. The first-order chi connectivity index (χ1) is 16.7. The minimum Gasteiger partial charge on any atom is -0.298 e. The Hall–Kier alpha value is -4.04. The quantitative estimate of drug-likeness (QED) is 0.200. The average molecular weight is 444 g/mol. The van der Waals surface area contributed by atoms with Gasteiger partial charge in [-0.15, -0.1) is 0 Å². The Bertz CT molecular complexity index is 1320. The summed E-state index contributed by atoms with van der Waals surface area (Å²) in [5, 5.41) is 0. The fourth-order valence-electron chi connectivity index (χ4n) is 4.16. The zero-order valence-corrected chi connectivity index (χ0v) is 19.7. The average Bonchev–Trinajstić information content (AvgIpc) is 2.92. The van der Waals surface area contributed by atoms with Gasteiger partial charge in [-0.1, -0.05) is 116 Å². The Kier molecular flexibility index (Phi) is 7.62. The van der Waals surface area contributed by atoms with Gasteiger partial charge in [-0.25, -0.2) is 0 Å². The van der Waals surface area contributed by atoms with Crippen molar-refractivity contribution < 1.29 is 4.79 Å². The normalized spacial score (nSPS) is 12.2. The number of hydrogen-bond acceptors (Lipinski definition) is 2. The lowest BCUT2D eigenvalue weighted by atomic mass is 9.91. The summed E-state index contributed by atoms with van der Waals surface area (Å²) in [5.74, 6) is 0. The van der Waals surface area contributed by atoms with Crippen LogP contribution in [0.3, 0.4) is 0 Å². The number of rotatable bonds is 8. The van der Waals surface area contributed by atoms with Crippen molar-refractivity contribution >= 4 is 17.6 Å². The molecule has 4 aromatic rings. The van der Waals surface area contributed by atoms with E-state index in [1.165, 1.54) is 16.7 Å². The van der Waals surface area contributed by atoms with Gasteiger partial charge < -0.3 is 0 Å². The monoisotopic (exact) mass is 443 g/mol. The number of aliphatic imine (C=N–C) groups is 1. The maximum atomic E-state index is 11.3. The zero-order chi connectivity index (χ0) is 23.8. The highest BCUT2D eigenvalue weighted by molar-refractivity contribution is 6.32. The van der Waals surface area contributed by atoms with Gasteiger partial charge in [-0.3, -0.25) is 9.79 Å². The highest BCUT2D eigenvalue weighted by Gasteiger charge is 2.15. The molecule has 0 aliphatic rings. The molecule has 2 heteroatoms. The molecule has 0 aromatic heterocycles. The lowest BCUT2D eigenvalue weighted by Gasteiger charge is -2.17. The van der Waals surface area contributed by atoms with Crippen LogP contribution in [0, 0.1) is 0 Å². The smallest absolute Gasteiger partial charge is 0.150 e. The molecule has 0 heterocycles. The van der Waals surface area contributed by atoms with Crippen LogP contribution in [0.5, 0.6) is 0 Å². The van der Waals surface area contributed by atoms with Gasteiger partial charge >= 0.3 is 0 Å². The van der Waals surface area contributed by atoms with Crippen LogP contribution in [0.2, 0.25) is 0 Å². The van der Waals surface area contributed by atoms with Gasteiger partial charge in [-0.2, -0.15) is 0 Å². The summed E-state index contributed by atoms with van der Waals surface area (Å²) in [5.41, 5.74) is 9.71. The molecule has 4 aromatic carbocycles. The third-order valence-corrected chi connectivity index (χ3v) is 6.06. The maximum Gasteiger partial charge on any atom is 0.150 e. The van der Waals surface area contributed by atoms with Gasteiger partial charge in [0.15, 0.2) is 0 Å². The molecule has 0 saturated carbocycles. The first kappa shape index (κ1) is 23.1. The van der Waals surface area contributed by atoms with Crippen LogP contribution >= 0.6 is 0 Å². The van der Waals surface area contributed by atoms with Crippen LogP contribution in [0.15, 0.2) is 120 Å². The summed E-state index contributed by atoms with van der Waals surface area (Å²) in [7, 11) is 0. The number of carbonyl (C=O) groups excluding carboxylic acids is 1. The Morgan fingerprint density at radius 2 is 1.41 bits per heavy atom. The number of hydrogen-bond donors (Lipinski definition) is 0. The van der Waals surface area contributed by atoms with E-state index in [9.17, 15) is 4.79 Å². The fourth-order valence-corrected chi connectivity index (χ4v) is 4.16. The zero-order valence-electron chi connectivity index (χ0n) is 19.7. The summed E-state index contributed by atoms with van der Waals surface area (Å²) in [6.45, 7) is 4.93. The minimum atomic E-state index is 0.541. The minimum absolute atomic E-state index is 0.541. The van der Waals surface area contributed by atoms with Crippen molar-refractivity contribution in [2.75, 3.05) is 0 Å². The van der Waals surface area contributed by atoms with Crippen LogP contribution < -0.4 is 0 Å². The molecule has 4 rings (SSSR count). The second kappa shape index (κ2) is 11.2. The number of nitrogens with zero attached hydrogens (tertiary/aromatic N) is 1. The second-order valence-corrected chi connectivity index (χ2v) is 8.31. The first-order valence-electron chi connectivity index (χ1n) is 11.7. The molecular formula is C32H29NO. The van der Waals surface area contributed by atoms with E-state index in [1.807, 2.05) is 48.5 Å². The molecule has 0 aliphatic carbocycles. The van der Waals surface area contributed by atoms with Crippen molar-refractivity contribution in [3.63, 3.8) is 0 Å². The Morgan fingerprint density at radius 1 is 0.765 bits per heavy atom. The van der Waals surface area contributed by atoms with Gasteiger partial charge in [0.1, 0.15) is 6.29 Å². The van der Waals surface area contributed by atoms with Crippen LogP contribution in [0.4, 0.5) is 0 Å². The van der Waals surface area contributed by atoms with E-state index in [1.54, 1.807) is 0 Å². The van der Waals surface area contributed by atoms with E-state index in [0.717, 1.165) is 40.7 Å². The Labute approximate surface area is 202 Å². The van der Waals surface area contributed by atoms with Crippen LogP contribution in [-0.2, 0) is 6.54 Å². The van der Waals surface area contributed by atoms with Gasteiger partial charge in [0.05, 0.1) is 12.3 Å². The molecule has 2 nitrogen and oxygen atoms in total. The van der Waals surface area contributed by atoms with Crippen molar-refractivity contribution in [3.8, 4) is 11.1 Å². The molecule has 0 fully saturated rings. The summed E-state index contributed by atoms with van der Waals surface area (Å²) in [6.07, 6.45) is 1.84. The molecule has 0 unspecified atom stereocenters. The first-order valence-corrected chi connectivity index (χ1v) is 11.7. The van der Waals surface area contributed by atoms with Crippen molar-refractivity contribution in [2.45, 2.75) is 26.8 Å². The largest absolute Gasteiger partial charge is 0.298 e. The number of benzene rings is 4. The molecule has 34 heavy (non-hydrogen) atoms. The molecule has 0 N–H and O–H groups in total. The van der Waals surface area contributed by atoms with Gasteiger partial charge in [-0.05, 0) is 41.7 Å². The highest BCUT2D eigenvalue weighted by atomic mass is 16.1. The molecule has 0 bridgehead atoms. The molecule has 168 valence electrons. The molecule has 0 radical (unpaired) electrons. The third-order valence-electron chi connectivity index (χ3n) is 6.06. The number of aldehydes is 1. The van der Waals surface area contributed by atoms with Crippen molar-refractivity contribution in [1.29, 1.82) is 0 Å². The van der Waals surface area contributed by atoms with Crippen molar-refractivity contribution in [2.24, 2.45) is 4.99 Å². The molecular weight excluding hydrogens is 414 g/mol. The molecule has 0 amide bonds. The van der Waals surface area contributed by atoms with E-state index < -0.39 is 0 Å². The number of allylic oxidation sites excluding steroid dienone is 2. The van der Waals surface area contributed by atoms with Crippen molar-refractivity contribution in [3.05, 3.63) is 137 Å². The van der Waals surface area contributed by atoms with Crippen LogP contribution in [0.25, 0.3) is 16.7 Å². The van der Waals surface area contributed by atoms with E-state index in [-0.39, 0.29) is 0 Å². The molecule has 0 spiro atoms. The lowest BCUT2D eigenvalue weighted by molar-refractivity contribution is 0.112. The standard InChI is InChI=1S/C32H29NO/c1-3-24(2)31(26-14-6-4-7-15-26)32(27-16-8-5-9-17-27)33-22-29-18-10-11-20-30(29)28-19-12-13-25(21-28)23-34/h4-21,23H,3,22H2,1-2H3/b31-24+,33-32?.